The standard InChI is InChI=1S/C19H27F2N3O3S/c20-16-7-6-8-17(21)19(16)28(26,27)24-13-11-23(12-14-24)18(25)15-22-9-4-2-1-3-5-10-22/h6-8H,1-5,9-15H2/p+1. The highest BCUT2D eigenvalue weighted by Crippen LogP contribution is 2.23. The van der Waals surface area contributed by atoms with Crippen molar-refractivity contribution in [2.75, 3.05) is 45.8 Å². The molecule has 2 saturated heterocycles. The normalized spacial score (nSPS) is 20.6. The minimum atomic E-state index is -4.27. The Labute approximate surface area is 165 Å². The summed E-state index contributed by atoms with van der Waals surface area (Å²) < 4.78 is 54.2. The van der Waals surface area contributed by atoms with Gasteiger partial charge < -0.3 is 9.80 Å². The maximum absolute atomic E-state index is 13.9. The zero-order chi connectivity index (χ0) is 20.1. The number of amides is 1. The van der Waals surface area contributed by atoms with E-state index in [1.54, 1.807) is 4.90 Å². The number of quaternary nitrogens is 1. The zero-order valence-electron chi connectivity index (χ0n) is 16.0. The molecule has 0 aliphatic carbocycles. The number of nitrogens with zero attached hydrogens (tertiary/aromatic N) is 2. The van der Waals surface area contributed by atoms with E-state index >= 15 is 0 Å². The number of rotatable bonds is 4. The van der Waals surface area contributed by atoms with Gasteiger partial charge in [-0.05, 0) is 37.8 Å². The molecule has 9 heteroatoms. The molecule has 2 heterocycles. The third-order valence-electron chi connectivity index (χ3n) is 5.57. The highest BCUT2D eigenvalue weighted by molar-refractivity contribution is 7.89. The van der Waals surface area contributed by atoms with Crippen LogP contribution in [0.3, 0.4) is 0 Å². The lowest BCUT2D eigenvalue weighted by Crippen LogP contribution is -3.13. The second-order valence-corrected chi connectivity index (χ2v) is 9.40. The number of likely N-dealkylation sites (tertiary alicyclic amines) is 1. The molecular weight excluding hydrogens is 388 g/mol. The Balaban J connectivity index is 1.58. The fourth-order valence-corrected chi connectivity index (χ4v) is 5.47. The van der Waals surface area contributed by atoms with Crippen LogP contribution in [0.15, 0.2) is 23.1 Å². The zero-order valence-corrected chi connectivity index (χ0v) is 16.8. The molecule has 28 heavy (non-hydrogen) atoms. The van der Waals surface area contributed by atoms with E-state index in [1.807, 2.05) is 0 Å². The summed E-state index contributed by atoms with van der Waals surface area (Å²) in [5, 5.41) is 0. The number of piperazine rings is 1. The van der Waals surface area contributed by atoms with Crippen LogP contribution in [0.25, 0.3) is 0 Å². The van der Waals surface area contributed by atoms with Crippen molar-refractivity contribution >= 4 is 15.9 Å². The van der Waals surface area contributed by atoms with E-state index in [1.165, 1.54) is 24.2 Å². The van der Waals surface area contributed by atoms with Crippen molar-refractivity contribution in [3.63, 3.8) is 0 Å². The van der Waals surface area contributed by atoms with Crippen LogP contribution >= 0.6 is 0 Å². The molecule has 1 aromatic carbocycles. The molecule has 1 aromatic rings. The van der Waals surface area contributed by atoms with Crippen LogP contribution in [-0.2, 0) is 14.8 Å². The van der Waals surface area contributed by atoms with Gasteiger partial charge in [-0.1, -0.05) is 12.5 Å². The van der Waals surface area contributed by atoms with Crippen molar-refractivity contribution in [2.24, 2.45) is 0 Å². The van der Waals surface area contributed by atoms with Gasteiger partial charge in [-0.2, -0.15) is 4.31 Å². The Morgan fingerprint density at radius 3 is 2.04 bits per heavy atom. The first-order valence-electron chi connectivity index (χ1n) is 9.95. The SMILES string of the molecule is O=C(C[NH+]1CCCCCCC1)N1CCN(S(=O)(=O)c2c(F)cccc2F)CC1. The number of nitrogens with one attached hydrogen (secondary N) is 1. The summed E-state index contributed by atoms with van der Waals surface area (Å²) >= 11 is 0. The predicted molar refractivity (Wildman–Crippen MR) is 100 cm³/mol. The molecule has 0 radical (unpaired) electrons. The van der Waals surface area contributed by atoms with Gasteiger partial charge in [-0.3, -0.25) is 4.79 Å². The molecule has 1 N–H and O–H groups in total. The van der Waals surface area contributed by atoms with E-state index in [0.29, 0.717) is 6.54 Å². The molecule has 0 atom stereocenters. The van der Waals surface area contributed by atoms with Crippen molar-refractivity contribution < 1.29 is 26.9 Å². The lowest BCUT2D eigenvalue weighted by atomic mass is 10.1. The highest BCUT2D eigenvalue weighted by Gasteiger charge is 2.34. The van der Waals surface area contributed by atoms with Crippen molar-refractivity contribution in [3.8, 4) is 0 Å². The van der Waals surface area contributed by atoms with E-state index in [2.05, 4.69) is 0 Å². The lowest BCUT2D eigenvalue weighted by molar-refractivity contribution is -0.893. The number of carbonyl (C=O) groups is 1. The number of hydrogen-bond donors (Lipinski definition) is 1. The lowest BCUT2D eigenvalue weighted by Gasteiger charge is -2.34. The Kier molecular flexibility index (Phi) is 7.00. The first-order valence-corrected chi connectivity index (χ1v) is 11.4. The van der Waals surface area contributed by atoms with E-state index in [-0.39, 0.29) is 32.1 Å². The van der Waals surface area contributed by atoms with Gasteiger partial charge in [0, 0.05) is 26.2 Å². The molecule has 0 saturated carbocycles. The topological polar surface area (TPSA) is 62.1 Å². The van der Waals surface area contributed by atoms with Gasteiger partial charge in [-0.15, -0.1) is 0 Å². The van der Waals surface area contributed by atoms with Crippen LogP contribution in [0, 0.1) is 11.6 Å². The Morgan fingerprint density at radius 2 is 1.46 bits per heavy atom. The van der Waals surface area contributed by atoms with Crippen LogP contribution in [0.5, 0.6) is 0 Å². The van der Waals surface area contributed by atoms with Crippen molar-refractivity contribution in [3.05, 3.63) is 29.8 Å². The average Bonchev–Trinajstić information content (AvgIpc) is 2.63. The molecule has 6 nitrogen and oxygen atoms in total. The van der Waals surface area contributed by atoms with Crippen molar-refractivity contribution in [1.29, 1.82) is 0 Å². The molecular formula is C19H28F2N3O3S+. The van der Waals surface area contributed by atoms with Gasteiger partial charge in [0.1, 0.15) is 11.6 Å². The summed E-state index contributed by atoms with van der Waals surface area (Å²) in [5.74, 6) is -2.18. The Morgan fingerprint density at radius 1 is 0.929 bits per heavy atom. The molecule has 1 amide bonds. The fraction of sp³-hybridized carbons (Fsp3) is 0.632. The van der Waals surface area contributed by atoms with Crippen molar-refractivity contribution in [2.45, 2.75) is 37.0 Å². The van der Waals surface area contributed by atoms with E-state index in [9.17, 15) is 22.0 Å². The number of benzene rings is 1. The van der Waals surface area contributed by atoms with Gasteiger partial charge in [0.25, 0.3) is 5.91 Å². The molecule has 2 aliphatic rings. The van der Waals surface area contributed by atoms with Gasteiger partial charge >= 0.3 is 0 Å². The summed E-state index contributed by atoms with van der Waals surface area (Å²) in [6.07, 6.45) is 5.94. The van der Waals surface area contributed by atoms with Gasteiger partial charge in [0.15, 0.2) is 11.4 Å². The maximum Gasteiger partial charge on any atom is 0.277 e. The van der Waals surface area contributed by atoms with E-state index in [0.717, 1.165) is 48.4 Å². The third kappa shape index (κ3) is 4.87. The Bertz CT molecular complexity index is 767. The maximum atomic E-state index is 13.9. The summed E-state index contributed by atoms with van der Waals surface area (Å²) in [4.78, 5) is 14.6. The highest BCUT2D eigenvalue weighted by atomic mass is 32.2. The first kappa shape index (κ1) is 21.1. The summed E-state index contributed by atoms with van der Waals surface area (Å²) in [7, 11) is -4.27. The van der Waals surface area contributed by atoms with Crippen LogP contribution in [0.1, 0.15) is 32.1 Å². The molecule has 156 valence electrons. The number of carbonyl (C=O) groups excluding carboxylic acids is 1. The van der Waals surface area contributed by atoms with Gasteiger partial charge in [0.2, 0.25) is 10.0 Å². The van der Waals surface area contributed by atoms with E-state index in [4.69, 9.17) is 0 Å². The Hall–Kier alpha value is -1.58. The summed E-state index contributed by atoms with van der Waals surface area (Å²) in [6.45, 7) is 2.96. The molecule has 0 unspecified atom stereocenters. The van der Waals surface area contributed by atoms with Gasteiger partial charge in [-0.25, -0.2) is 17.2 Å². The van der Waals surface area contributed by atoms with Crippen LogP contribution in [0.4, 0.5) is 8.78 Å². The predicted octanol–water partition coefficient (Wildman–Crippen LogP) is 0.647. The minimum Gasteiger partial charge on any atom is -0.335 e. The van der Waals surface area contributed by atoms with Crippen molar-refractivity contribution in [1.82, 2.24) is 9.21 Å². The fourth-order valence-electron chi connectivity index (χ4n) is 3.94. The average molecular weight is 417 g/mol. The number of hydrogen-bond acceptors (Lipinski definition) is 3. The molecule has 2 fully saturated rings. The monoisotopic (exact) mass is 416 g/mol. The largest absolute Gasteiger partial charge is 0.335 e. The second-order valence-electron chi connectivity index (χ2n) is 7.53. The van der Waals surface area contributed by atoms with Crippen LogP contribution in [-0.4, -0.2) is 69.3 Å². The van der Waals surface area contributed by atoms with Gasteiger partial charge in [0.05, 0.1) is 13.1 Å². The molecule has 0 bridgehead atoms. The molecule has 0 aromatic heterocycles. The van der Waals surface area contributed by atoms with E-state index < -0.39 is 26.6 Å². The smallest absolute Gasteiger partial charge is 0.277 e. The second kappa shape index (κ2) is 9.28. The summed E-state index contributed by atoms with van der Waals surface area (Å²) in [5.41, 5.74) is 0. The molecule has 2 aliphatic heterocycles. The van der Waals surface area contributed by atoms with Crippen LogP contribution in [0.2, 0.25) is 0 Å². The quantitative estimate of drug-likeness (QED) is 0.784. The minimum absolute atomic E-state index is 0.0182. The first-order chi connectivity index (χ1) is 13.4. The molecule has 0 spiro atoms. The summed E-state index contributed by atoms with van der Waals surface area (Å²) in [6, 6.07) is 3.00. The number of halogens is 2. The molecule has 3 rings (SSSR count). The third-order valence-corrected chi connectivity index (χ3v) is 7.52. The number of sulfonamides is 1. The van der Waals surface area contributed by atoms with Crippen LogP contribution < -0.4 is 4.90 Å².